The number of hydrogen-bond acceptors (Lipinski definition) is 3. The summed E-state index contributed by atoms with van der Waals surface area (Å²) in [6.07, 6.45) is 8.57. The van der Waals surface area contributed by atoms with E-state index in [-0.39, 0.29) is 0 Å². The zero-order valence-corrected chi connectivity index (χ0v) is 21.2. The molecule has 38 heavy (non-hydrogen) atoms. The summed E-state index contributed by atoms with van der Waals surface area (Å²) in [6, 6.07) is 33.9. The summed E-state index contributed by atoms with van der Waals surface area (Å²) in [5.74, 6) is 2.06. The molecule has 0 fully saturated rings. The molecule has 2 heterocycles. The van der Waals surface area contributed by atoms with Gasteiger partial charge in [0, 0.05) is 27.5 Å². The molecule has 6 aromatic rings. The van der Waals surface area contributed by atoms with Crippen molar-refractivity contribution < 1.29 is 0 Å². The van der Waals surface area contributed by atoms with Crippen molar-refractivity contribution in [2.24, 2.45) is 0 Å². The average molecular weight is 488 g/mol. The first-order chi connectivity index (χ1) is 18.8. The first-order valence-corrected chi connectivity index (χ1v) is 13.0. The quantitative estimate of drug-likeness (QED) is 0.274. The zero-order valence-electron chi connectivity index (χ0n) is 21.2. The van der Waals surface area contributed by atoms with Gasteiger partial charge < -0.3 is 4.57 Å². The lowest BCUT2D eigenvalue weighted by atomic mass is 9.93. The lowest BCUT2D eigenvalue weighted by Crippen LogP contribution is -2.09. The van der Waals surface area contributed by atoms with Crippen molar-refractivity contribution in [2.45, 2.75) is 12.8 Å². The van der Waals surface area contributed by atoms with Crippen LogP contribution in [0.15, 0.2) is 115 Å². The minimum atomic E-state index is 0.675. The van der Waals surface area contributed by atoms with Gasteiger partial charge in [-0.3, -0.25) is 0 Å². The van der Waals surface area contributed by atoms with E-state index in [9.17, 15) is 0 Å². The van der Waals surface area contributed by atoms with Crippen LogP contribution in [0.5, 0.6) is 0 Å². The highest BCUT2D eigenvalue weighted by Crippen LogP contribution is 2.35. The number of aromatic nitrogens is 4. The summed E-state index contributed by atoms with van der Waals surface area (Å²) in [5.41, 5.74) is 7.54. The minimum Gasteiger partial charge on any atom is -0.309 e. The number of benzene rings is 4. The molecule has 1 aliphatic carbocycles. The molecule has 0 unspecified atom stereocenters. The molecule has 0 N–H and O–H groups in total. The molecule has 4 nitrogen and oxygen atoms in total. The Morgan fingerprint density at radius 2 is 1.29 bits per heavy atom. The molecule has 7 rings (SSSR count). The SMILES string of the molecule is Bc1ccc(-n2c3ccccc3c3ccccc32)c(-c2nc(C3=CCCC=C3)nc(-c3ccccc3)n2)c1. The summed E-state index contributed by atoms with van der Waals surface area (Å²) in [6.45, 7) is 0. The van der Waals surface area contributed by atoms with Crippen molar-refractivity contribution in [3.8, 4) is 28.5 Å². The fourth-order valence-corrected chi connectivity index (χ4v) is 5.33. The van der Waals surface area contributed by atoms with E-state index in [0.717, 1.165) is 51.7 Å². The fraction of sp³-hybridized carbons (Fsp3) is 0.0606. The second-order valence-electron chi connectivity index (χ2n) is 9.70. The lowest BCUT2D eigenvalue weighted by molar-refractivity contribution is 1.00. The first-order valence-electron chi connectivity index (χ1n) is 13.0. The predicted molar refractivity (Wildman–Crippen MR) is 160 cm³/mol. The molecule has 2 aromatic heterocycles. The van der Waals surface area contributed by atoms with E-state index >= 15 is 0 Å². The van der Waals surface area contributed by atoms with Crippen LogP contribution in [0.2, 0.25) is 0 Å². The van der Waals surface area contributed by atoms with Gasteiger partial charge in [-0.05, 0) is 31.0 Å². The molecule has 0 bridgehead atoms. The van der Waals surface area contributed by atoms with Crippen LogP contribution in [-0.4, -0.2) is 27.4 Å². The maximum Gasteiger partial charge on any atom is 0.166 e. The Morgan fingerprint density at radius 1 is 0.632 bits per heavy atom. The maximum atomic E-state index is 5.07. The van der Waals surface area contributed by atoms with E-state index in [0.29, 0.717) is 17.5 Å². The monoisotopic (exact) mass is 488 g/mol. The Bertz CT molecular complexity index is 1830. The van der Waals surface area contributed by atoms with E-state index in [1.54, 1.807) is 0 Å². The molecular weight excluding hydrogens is 463 g/mol. The molecule has 1 aliphatic rings. The van der Waals surface area contributed by atoms with E-state index in [1.165, 1.54) is 10.8 Å². The van der Waals surface area contributed by atoms with Gasteiger partial charge in [0.05, 0.1) is 16.7 Å². The molecule has 0 atom stereocenters. The topological polar surface area (TPSA) is 43.6 Å². The van der Waals surface area contributed by atoms with E-state index in [4.69, 9.17) is 15.0 Å². The van der Waals surface area contributed by atoms with E-state index in [1.807, 2.05) is 18.2 Å². The van der Waals surface area contributed by atoms with E-state index < -0.39 is 0 Å². The van der Waals surface area contributed by atoms with Crippen molar-refractivity contribution in [3.63, 3.8) is 0 Å². The fourth-order valence-electron chi connectivity index (χ4n) is 5.33. The smallest absolute Gasteiger partial charge is 0.166 e. The van der Waals surface area contributed by atoms with Gasteiger partial charge in [-0.15, -0.1) is 0 Å². The van der Waals surface area contributed by atoms with Crippen molar-refractivity contribution in [1.82, 2.24) is 19.5 Å². The highest BCUT2D eigenvalue weighted by molar-refractivity contribution is 6.32. The van der Waals surface area contributed by atoms with Crippen molar-refractivity contribution >= 4 is 40.7 Å². The molecule has 0 spiro atoms. The zero-order chi connectivity index (χ0) is 25.5. The molecule has 0 amide bonds. The Hall–Kier alpha value is -4.77. The third-order valence-electron chi connectivity index (χ3n) is 7.13. The lowest BCUT2D eigenvalue weighted by Gasteiger charge is -2.16. The third-order valence-corrected chi connectivity index (χ3v) is 7.13. The van der Waals surface area contributed by atoms with Crippen LogP contribution in [0.25, 0.3) is 55.8 Å². The molecule has 5 heteroatoms. The Morgan fingerprint density at radius 3 is 2.00 bits per heavy atom. The van der Waals surface area contributed by atoms with Crippen LogP contribution >= 0.6 is 0 Å². The third kappa shape index (κ3) is 3.84. The largest absolute Gasteiger partial charge is 0.309 e. The molecule has 180 valence electrons. The van der Waals surface area contributed by atoms with Crippen LogP contribution in [-0.2, 0) is 0 Å². The summed E-state index contributed by atoms with van der Waals surface area (Å²) in [5, 5.41) is 2.46. The molecular formula is C33H25BN4. The van der Waals surface area contributed by atoms with Gasteiger partial charge in [0.1, 0.15) is 7.85 Å². The summed E-state index contributed by atoms with van der Waals surface area (Å²) >= 11 is 0. The van der Waals surface area contributed by atoms with Crippen molar-refractivity contribution in [1.29, 1.82) is 0 Å². The van der Waals surface area contributed by atoms with Gasteiger partial charge in [0.2, 0.25) is 0 Å². The molecule has 0 aliphatic heterocycles. The molecule has 0 radical (unpaired) electrons. The normalized spacial score (nSPS) is 13.2. The molecule has 4 aromatic carbocycles. The summed E-state index contributed by atoms with van der Waals surface area (Å²) < 4.78 is 2.34. The van der Waals surface area contributed by atoms with Gasteiger partial charge in [-0.2, -0.15) is 0 Å². The van der Waals surface area contributed by atoms with Crippen LogP contribution in [0.3, 0.4) is 0 Å². The van der Waals surface area contributed by atoms with Gasteiger partial charge in [0.25, 0.3) is 0 Å². The van der Waals surface area contributed by atoms with E-state index in [2.05, 4.69) is 110 Å². The first kappa shape index (κ1) is 22.4. The minimum absolute atomic E-state index is 0.675. The number of fused-ring (bicyclic) bond motifs is 3. The Labute approximate surface area is 222 Å². The Kier molecular flexibility index (Phi) is 5.47. The second-order valence-corrected chi connectivity index (χ2v) is 9.70. The molecule has 0 saturated heterocycles. The van der Waals surface area contributed by atoms with Crippen molar-refractivity contribution in [2.75, 3.05) is 0 Å². The summed E-state index contributed by atoms with van der Waals surface area (Å²) in [7, 11) is 2.12. The average Bonchev–Trinajstić information content (AvgIpc) is 3.32. The van der Waals surface area contributed by atoms with Crippen LogP contribution in [0, 0.1) is 0 Å². The number of rotatable bonds is 4. The van der Waals surface area contributed by atoms with Gasteiger partial charge in [0.15, 0.2) is 17.5 Å². The maximum absolute atomic E-state index is 5.07. The summed E-state index contributed by atoms with van der Waals surface area (Å²) in [4.78, 5) is 15.0. The Balaban J connectivity index is 1.52. The second kappa shape index (κ2) is 9.27. The standard InChI is InChI=1S/C33H25BN4/c34-24-19-20-30(38-28-17-9-7-15-25(28)26-16-8-10-18-29(26)38)27(21-24)33-36-31(22-11-3-1-4-12-22)35-32(37-33)23-13-5-2-6-14-23/h1,3-5,7-21H,2,6,34H2. The highest BCUT2D eigenvalue weighted by atomic mass is 15.1. The van der Waals surface area contributed by atoms with Crippen LogP contribution in [0.4, 0.5) is 0 Å². The predicted octanol–water partition coefficient (Wildman–Crippen LogP) is 6.29. The van der Waals surface area contributed by atoms with Crippen LogP contribution in [0.1, 0.15) is 18.7 Å². The van der Waals surface area contributed by atoms with Gasteiger partial charge in [-0.1, -0.05) is 103 Å². The van der Waals surface area contributed by atoms with Gasteiger partial charge in [-0.25, -0.2) is 15.0 Å². The van der Waals surface area contributed by atoms with Gasteiger partial charge >= 0.3 is 0 Å². The molecule has 0 saturated carbocycles. The number of nitrogens with zero attached hydrogens (tertiary/aromatic N) is 4. The number of allylic oxidation sites excluding steroid dienone is 4. The number of para-hydroxylation sites is 2. The number of hydrogen-bond donors (Lipinski definition) is 0. The van der Waals surface area contributed by atoms with Crippen LogP contribution < -0.4 is 5.46 Å². The highest BCUT2D eigenvalue weighted by Gasteiger charge is 2.19. The van der Waals surface area contributed by atoms with Crippen molar-refractivity contribution in [3.05, 3.63) is 121 Å².